The molecule has 0 atom stereocenters. The van der Waals surface area contributed by atoms with Crippen molar-refractivity contribution in [1.29, 1.82) is 5.41 Å². The number of benzene rings is 1. The molecule has 0 amide bonds. The van der Waals surface area contributed by atoms with E-state index in [1.165, 1.54) is 56.7 Å². The monoisotopic (exact) mass is 549 g/mol. The molecule has 10 heteroatoms. The van der Waals surface area contributed by atoms with Gasteiger partial charge < -0.3 is 0 Å². The van der Waals surface area contributed by atoms with Crippen LogP contribution in [0.1, 0.15) is 62.1 Å². The predicted molar refractivity (Wildman–Crippen MR) is 142 cm³/mol. The van der Waals surface area contributed by atoms with E-state index in [4.69, 9.17) is 5.41 Å². The first-order chi connectivity index (χ1) is 17.4. The number of rotatable bonds is 9. The first kappa shape index (κ1) is 28.6. The summed E-state index contributed by atoms with van der Waals surface area (Å²) in [4.78, 5) is -2.83. The van der Waals surface area contributed by atoms with Crippen LogP contribution < -0.4 is 4.57 Å². The van der Waals surface area contributed by atoms with Crippen molar-refractivity contribution in [1.82, 2.24) is 0 Å². The largest absolute Gasteiger partial charge is 0.335 e. The van der Waals surface area contributed by atoms with Crippen molar-refractivity contribution in [3.63, 3.8) is 0 Å². The molecule has 0 bridgehead atoms. The van der Waals surface area contributed by atoms with Gasteiger partial charge in [-0.2, -0.15) is 16.8 Å². The summed E-state index contributed by atoms with van der Waals surface area (Å²) in [7, 11) is -11.1. The molecule has 1 aromatic carbocycles. The van der Waals surface area contributed by atoms with Gasteiger partial charge in [0.25, 0.3) is 0 Å². The molecule has 0 aliphatic heterocycles. The zero-order valence-electron chi connectivity index (χ0n) is 20.9. The van der Waals surface area contributed by atoms with Gasteiger partial charge in [0.15, 0.2) is 12.4 Å². The lowest BCUT2D eigenvalue weighted by Crippen LogP contribution is -2.32. The van der Waals surface area contributed by atoms with Gasteiger partial charge in [-0.25, -0.2) is 4.57 Å². The summed E-state index contributed by atoms with van der Waals surface area (Å²) in [5, 5.41) is 7.80. The maximum atomic E-state index is 13.4. The molecule has 4 rings (SSSR count). The highest BCUT2D eigenvalue weighted by Gasteiger charge is 2.39. The minimum Gasteiger partial charge on any atom is -0.299 e. The Morgan fingerprint density at radius 2 is 1.43 bits per heavy atom. The summed E-state index contributed by atoms with van der Waals surface area (Å²) < 4.78 is 73.7. The van der Waals surface area contributed by atoms with Gasteiger partial charge in [-0.1, -0.05) is 56.9 Å². The molecule has 198 valence electrons. The van der Waals surface area contributed by atoms with Crippen molar-refractivity contribution in [2.75, 3.05) is 0 Å². The van der Waals surface area contributed by atoms with Gasteiger partial charge in [-0.3, -0.25) is 5.41 Å². The van der Waals surface area contributed by atoms with Crippen LogP contribution in [0.4, 0.5) is 7.77 Å². The number of fused-ring (bicyclic) bond motifs is 3. The molecule has 1 N–H and O–H groups in total. The van der Waals surface area contributed by atoms with E-state index in [1.807, 2.05) is 0 Å². The Bertz CT molecular complexity index is 1470. The highest BCUT2D eigenvalue weighted by atomic mass is 32.3. The second-order valence-electron chi connectivity index (χ2n) is 9.03. The molecule has 0 spiro atoms. The Morgan fingerprint density at radius 3 is 2.05 bits per heavy atom. The topological polar surface area (TPSA) is 96.0 Å². The zero-order chi connectivity index (χ0) is 27.2. The molecule has 0 saturated carbocycles. The number of hydrogen-bond acceptors (Lipinski definition) is 5. The first-order valence-corrected chi connectivity index (χ1v) is 14.9. The third-order valence-corrected chi connectivity index (χ3v) is 8.06. The van der Waals surface area contributed by atoms with Crippen molar-refractivity contribution in [3.8, 4) is 0 Å². The fourth-order valence-corrected chi connectivity index (χ4v) is 6.06. The number of allylic oxidation sites excluding steroid dienone is 4. The Balaban J connectivity index is 0.000000222. The summed E-state index contributed by atoms with van der Waals surface area (Å²) in [5.41, 5.74) is 1.77. The standard InChI is InChI=1S/C14H24N.C13H7F2NO4S2/c1-3-4-5-6-7-8-11-15-12-9-14(2)10-13-15;14-21(17,18)11-6-9-8-4-2-1-3-7(8)5-10(9)12(16)13(11)22(15,19)20/h9-10,12-13H,3-8,11H2,1-2H3;1-6,16H/q+1;. The molecular weight excluding hydrogens is 518 g/mol. The molecule has 1 heterocycles. The van der Waals surface area contributed by atoms with Crippen molar-refractivity contribution in [2.24, 2.45) is 0 Å². The summed E-state index contributed by atoms with van der Waals surface area (Å²) >= 11 is 0. The number of unbranched alkanes of at least 4 members (excludes halogenated alkanes) is 5. The van der Waals surface area contributed by atoms with Gasteiger partial charge in [0.2, 0.25) is 0 Å². The van der Waals surface area contributed by atoms with Crippen molar-refractivity contribution < 1.29 is 29.2 Å². The maximum absolute atomic E-state index is 13.4. The van der Waals surface area contributed by atoms with Crippen LogP contribution in [0.2, 0.25) is 0 Å². The Morgan fingerprint density at radius 1 is 0.811 bits per heavy atom. The quantitative estimate of drug-likeness (QED) is 0.237. The number of hydrogen-bond donors (Lipinski definition) is 1. The van der Waals surface area contributed by atoms with Crippen LogP contribution in [0, 0.1) is 12.3 Å². The van der Waals surface area contributed by atoms with Crippen LogP contribution in [0.25, 0.3) is 11.6 Å². The minimum absolute atomic E-state index is 0.0322. The molecule has 2 aromatic rings. The van der Waals surface area contributed by atoms with E-state index in [9.17, 15) is 24.6 Å². The Kier molecular flexibility index (Phi) is 9.31. The lowest BCUT2D eigenvalue weighted by Gasteiger charge is -2.17. The van der Waals surface area contributed by atoms with E-state index in [-0.39, 0.29) is 11.1 Å². The minimum atomic E-state index is -5.58. The lowest BCUT2D eigenvalue weighted by molar-refractivity contribution is -0.697. The van der Waals surface area contributed by atoms with E-state index in [0.29, 0.717) is 11.1 Å². The van der Waals surface area contributed by atoms with Crippen LogP contribution in [-0.4, -0.2) is 22.5 Å². The number of aryl methyl sites for hydroxylation is 2. The van der Waals surface area contributed by atoms with Crippen LogP contribution in [0.15, 0.2) is 70.3 Å². The molecule has 37 heavy (non-hydrogen) atoms. The van der Waals surface area contributed by atoms with Crippen LogP contribution in [-0.2, 0) is 27.0 Å². The second kappa shape index (κ2) is 12.0. The molecular formula is C27H31F2N2O4S2+. The third-order valence-electron chi connectivity index (χ3n) is 6.17. The van der Waals surface area contributed by atoms with Crippen molar-refractivity contribution in [3.05, 3.63) is 86.9 Å². The van der Waals surface area contributed by atoms with Crippen molar-refractivity contribution in [2.45, 2.75) is 58.9 Å². The van der Waals surface area contributed by atoms with Crippen LogP contribution in [0.3, 0.4) is 0 Å². The van der Waals surface area contributed by atoms with Gasteiger partial charge in [0.05, 0.1) is 5.71 Å². The fraction of sp³-hybridized carbons (Fsp3) is 0.333. The molecule has 0 saturated heterocycles. The molecule has 0 unspecified atom stereocenters. The molecule has 6 nitrogen and oxygen atoms in total. The average molecular weight is 550 g/mol. The summed E-state index contributed by atoms with van der Waals surface area (Å²) in [6.07, 6.45) is 14.8. The average Bonchev–Trinajstić information content (AvgIpc) is 3.21. The predicted octanol–water partition coefficient (Wildman–Crippen LogP) is 5.95. The maximum Gasteiger partial charge on any atom is 0.335 e. The summed E-state index contributed by atoms with van der Waals surface area (Å²) in [5.74, 6) is 0. The summed E-state index contributed by atoms with van der Waals surface area (Å²) in [6, 6.07) is 10.9. The number of nitrogens with zero attached hydrogens (tertiary/aromatic N) is 1. The molecule has 2 aliphatic rings. The van der Waals surface area contributed by atoms with E-state index in [2.05, 4.69) is 42.9 Å². The second-order valence-corrected chi connectivity index (χ2v) is 11.6. The molecule has 0 radical (unpaired) electrons. The Hall–Kier alpha value is -2.98. The van der Waals surface area contributed by atoms with Gasteiger partial charge in [-0.05, 0) is 47.8 Å². The highest BCUT2D eigenvalue weighted by molar-refractivity contribution is 7.95. The van der Waals surface area contributed by atoms with Gasteiger partial charge in [-0.15, -0.1) is 7.77 Å². The number of halogens is 2. The lowest BCUT2D eigenvalue weighted by atomic mass is 9.95. The highest BCUT2D eigenvalue weighted by Crippen LogP contribution is 2.43. The first-order valence-electron chi connectivity index (χ1n) is 12.1. The zero-order valence-corrected chi connectivity index (χ0v) is 22.5. The normalized spacial score (nSPS) is 14.9. The number of pyridine rings is 1. The van der Waals surface area contributed by atoms with Gasteiger partial charge in [0.1, 0.15) is 16.4 Å². The molecule has 2 aliphatic carbocycles. The SMILES string of the molecule is CCCCCCCC[n+]1ccc(C)cc1.N=C1C2=Cc3ccccc3C2=CC(S(=O)(=O)F)=C1S(=O)(=O)F. The molecule has 1 aromatic heterocycles. The number of nitrogens with one attached hydrogen (secondary N) is 1. The fourth-order valence-electron chi connectivity index (χ4n) is 4.23. The smallest absolute Gasteiger partial charge is 0.299 e. The van der Waals surface area contributed by atoms with Gasteiger partial charge >= 0.3 is 20.4 Å². The number of aromatic nitrogens is 1. The van der Waals surface area contributed by atoms with Gasteiger partial charge in [0, 0.05) is 24.1 Å². The Labute approximate surface area is 218 Å². The third kappa shape index (κ3) is 7.29. The van der Waals surface area contributed by atoms with Crippen LogP contribution >= 0.6 is 0 Å². The van der Waals surface area contributed by atoms with Crippen LogP contribution in [0.5, 0.6) is 0 Å². The van der Waals surface area contributed by atoms with E-state index >= 15 is 0 Å². The van der Waals surface area contributed by atoms with E-state index in [1.54, 1.807) is 24.3 Å². The van der Waals surface area contributed by atoms with E-state index in [0.717, 1.165) is 6.08 Å². The molecule has 0 fully saturated rings. The summed E-state index contributed by atoms with van der Waals surface area (Å²) in [6.45, 7) is 5.57. The van der Waals surface area contributed by atoms with Crippen molar-refractivity contribution >= 4 is 37.8 Å². The van der Waals surface area contributed by atoms with E-state index < -0.39 is 36.0 Å².